The molecule has 0 heterocycles. The Bertz CT molecular complexity index is 842. The van der Waals surface area contributed by atoms with Crippen molar-refractivity contribution in [1.29, 1.82) is 0 Å². The number of hydrogen-bond acceptors (Lipinski definition) is 4. The van der Waals surface area contributed by atoms with Gasteiger partial charge in [-0.3, -0.25) is 9.59 Å². The van der Waals surface area contributed by atoms with E-state index in [9.17, 15) is 9.59 Å². The fourth-order valence-corrected chi connectivity index (χ4v) is 3.11. The molecule has 0 aliphatic heterocycles. The van der Waals surface area contributed by atoms with Crippen LogP contribution in [0.1, 0.15) is 21.5 Å². The fraction of sp³-hybridized carbons (Fsp3) is 0.300. The first-order chi connectivity index (χ1) is 12.8. The summed E-state index contributed by atoms with van der Waals surface area (Å²) in [6.07, 6.45) is 0. The van der Waals surface area contributed by atoms with Crippen molar-refractivity contribution in [2.45, 2.75) is 13.8 Å². The van der Waals surface area contributed by atoms with Crippen molar-refractivity contribution in [2.24, 2.45) is 0 Å². The van der Waals surface area contributed by atoms with Crippen molar-refractivity contribution in [2.75, 3.05) is 33.1 Å². The van der Waals surface area contributed by atoms with Gasteiger partial charge in [-0.05, 0) is 59.1 Å². The molecule has 0 saturated heterocycles. The molecular weight excluding hydrogens is 412 g/mol. The Hall–Kier alpha value is -2.54. The first-order valence-corrected chi connectivity index (χ1v) is 9.10. The molecular formula is C20H23BrN2O4. The maximum atomic E-state index is 12.7. The van der Waals surface area contributed by atoms with Crippen molar-refractivity contribution in [3.05, 3.63) is 51.5 Å². The Labute approximate surface area is 167 Å². The van der Waals surface area contributed by atoms with Crippen LogP contribution in [0.2, 0.25) is 0 Å². The number of benzene rings is 2. The highest BCUT2D eigenvalue weighted by Gasteiger charge is 2.19. The predicted octanol–water partition coefficient (Wildman–Crippen LogP) is 3.79. The quantitative estimate of drug-likeness (QED) is 0.750. The monoisotopic (exact) mass is 434 g/mol. The van der Waals surface area contributed by atoms with E-state index in [1.54, 1.807) is 19.2 Å². The van der Waals surface area contributed by atoms with E-state index in [4.69, 9.17) is 9.47 Å². The number of carbonyl (C=O) groups is 2. The van der Waals surface area contributed by atoms with Gasteiger partial charge in [0.05, 0.1) is 20.8 Å². The van der Waals surface area contributed by atoms with Crippen LogP contribution in [0, 0.1) is 13.8 Å². The normalized spacial score (nSPS) is 10.3. The molecule has 0 atom stereocenters. The molecule has 27 heavy (non-hydrogen) atoms. The maximum absolute atomic E-state index is 12.7. The zero-order valence-electron chi connectivity index (χ0n) is 16.1. The van der Waals surface area contributed by atoms with Crippen molar-refractivity contribution >= 4 is 33.4 Å². The summed E-state index contributed by atoms with van der Waals surface area (Å²) in [5, 5.41) is 2.85. The molecule has 0 fully saturated rings. The molecule has 0 radical (unpaired) electrons. The number of likely N-dealkylation sites (N-methyl/N-ethyl adjacent to an activating group) is 1. The SMILES string of the molecule is COc1cc(C(=O)N(C)CC(=O)Nc2cc(C)ccc2C)cc(OC)c1Br. The molecule has 0 aromatic heterocycles. The molecule has 2 aromatic carbocycles. The zero-order chi connectivity index (χ0) is 20.1. The average molecular weight is 435 g/mol. The summed E-state index contributed by atoms with van der Waals surface area (Å²) in [5.74, 6) is 0.377. The van der Waals surface area contributed by atoms with Crippen LogP contribution in [0.3, 0.4) is 0 Å². The van der Waals surface area contributed by atoms with E-state index in [1.807, 2.05) is 32.0 Å². The molecule has 6 nitrogen and oxygen atoms in total. The number of aryl methyl sites for hydroxylation is 2. The molecule has 1 N–H and O–H groups in total. The van der Waals surface area contributed by atoms with Gasteiger partial charge >= 0.3 is 0 Å². The van der Waals surface area contributed by atoms with Gasteiger partial charge in [-0.15, -0.1) is 0 Å². The third-order valence-corrected chi connectivity index (χ3v) is 4.87. The second kappa shape index (κ2) is 8.90. The minimum Gasteiger partial charge on any atom is -0.495 e. The summed E-state index contributed by atoms with van der Waals surface area (Å²) < 4.78 is 11.2. The van der Waals surface area contributed by atoms with Crippen molar-refractivity contribution < 1.29 is 19.1 Å². The minimum atomic E-state index is -0.310. The highest BCUT2D eigenvalue weighted by atomic mass is 79.9. The Morgan fingerprint density at radius 1 is 1.07 bits per heavy atom. The second-order valence-corrected chi connectivity index (χ2v) is 7.02. The van der Waals surface area contributed by atoms with Gasteiger partial charge in [0.2, 0.25) is 5.91 Å². The largest absolute Gasteiger partial charge is 0.495 e. The predicted molar refractivity (Wildman–Crippen MR) is 109 cm³/mol. The van der Waals surface area contributed by atoms with Crippen LogP contribution in [-0.2, 0) is 4.79 Å². The van der Waals surface area contributed by atoms with Gasteiger partial charge in [0.25, 0.3) is 5.91 Å². The molecule has 0 aliphatic rings. The summed E-state index contributed by atoms with van der Waals surface area (Å²) >= 11 is 3.37. The van der Waals surface area contributed by atoms with E-state index in [2.05, 4.69) is 21.2 Å². The smallest absolute Gasteiger partial charge is 0.254 e. The van der Waals surface area contributed by atoms with E-state index in [0.717, 1.165) is 16.8 Å². The molecule has 0 bridgehead atoms. The van der Waals surface area contributed by atoms with Gasteiger partial charge < -0.3 is 19.7 Å². The number of rotatable bonds is 6. The Kier molecular flexibility index (Phi) is 6.85. The van der Waals surface area contributed by atoms with Crippen LogP contribution in [-0.4, -0.2) is 44.5 Å². The first-order valence-electron chi connectivity index (χ1n) is 8.31. The lowest BCUT2D eigenvalue weighted by molar-refractivity contribution is -0.116. The highest BCUT2D eigenvalue weighted by Crippen LogP contribution is 2.35. The molecule has 2 aromatic rings. The molecule has 0 unspecified atom stereocenters. The van der Waals surface area contributed by atoms with Crippen molar-refractivity contribution in [3.8, 4) is 11.5 Å². The number of halogens is 1. The molecule has 0 spiro atoms. The van der Waals surface area contributed by atoms with Crippen molar-refractivity contribution in [1.82, 2.24) is 4.90 Å². The number of amides is 2. The van der Waals surface area contributed by atoms with Gasteiger partial charge in [-0.2, -0.15) is 0 Å². The van der Waals surface area contributed by atoms with E-state index >= 15 is 0 Å². The summed E-state index contributed by atoms with van der Waals surface area (Å²) in [6.45, 7) is 3.80. The Morgan fingerprint density at radius 3 is 2.22 bits per heavy atom. The minimum absolute atomic E-state index is 0.0765. The zero-order valence-corrected chi connectivity index (χ0v) is 17.6. The lowest BCUT2D eigenvalue weighted by atomic mass is 10.1. The molecule has 2 amide bonds. The average Bonchev–Trinajstić information content (AvgIpc) is 2.64. The Morgan fingerprint density at radius 2 is 1.67 bits per heavy atom. The number of carbonyl (C=O) groups excluding carboxylic acids is 2. The number of ether oxygens (including phenoxy) is 2. The van der Waals surface area contributed by atoms with Gasteiger partial charge in [0, 0.05) is 18.3 Å². The Balaban J connectivity index is 2.13. The van der Waals surface area contributed by atoms with E-state index in [-0.39, 0.29) is 18.4 Å². The molecule has 7 heteroatoms. The highest BCUT2D eigenvalue weighted by molar-refractivity contribution is 9.10. The molecule has 0 saturated carbocycles. The van der Waals surface area contributed by atoms with Crippen molar-refractivity contribution in [3.63, 3.8) is 0 Å². The molecule has 144 valence electrons. The second-order valence-electron chi connectivity index (χ2n) is 6.22. The maximum Gasteiger partial charge on any atom is 0.254 e. The number of nitrogens with one attached hydrogen (secondary N) is 1. The van der Waals surface area contributed by atoms with Crippen LogP contribution in [0.15, 0.2) is 34.8 Å². The lowest BCUT2D eigenvalue weighted by Gasteiger charge is -2.19. The van der Waals surface area contributed by atoms with Crippen LogP contribution in [0.5, 0.6) is 11.5 Å². The molecule has 2 rings (SSSR count). The van der Waals surface area contributed by atoms with Gasteiger partial charge in [0.15, 0.2) is 0 Å². The van der Waals surface area contributed by atoms with Gasteiger partial charge in [-0.25, -0.2) is 0 Å². The summed E-state index contributed by atoms with van der Waals surface area (Å²) in [7, 11) is 4.59. The van der Waals surface area contributed by atoms with Gasteiger partial charge in [-0.1, -0.05) is 12.1 Å². The van der Waals surface area contributed by atoms with E-state index in [0.29, 0.717) is 21.5 Å². The van der Waals surface area contributed by atoms with Crippen LogP contribution in [0.4, 0.5) is 5.69 Å². The summed E-state index contributed by atoms with van der Waals surface area (Å²) in [6, 6.07) is 9.04. The number of methoxy groups -OCH3 is 2. The third-order valence-electron chi connectivity index (χ3n) is 4.09. The summed E-state index contributed by atoms with van der Waals surface area (Å²) in [5.41, 5.74) is 3.13. The van der Waals surface area contributed by atoms with Crippen LogP contribution < -0.4 is 14.8 Å². The van der Waals surface area contributed by atoms with Crippen LogP contribution >= 0.6 is 15.9 Å². The van der Waals surface area contributed by atoms with Gasteiger partial charge in [0.1, 0.15) is 16.0 Å². The first kappa shape index (κ1) is 20.8. The number of anilines is 1. The van der Waals surface area contributed by atoms with E-state index in [1.165, 1.54) is 19.1 Å². The number of hydrogen-bond donors (Lipinski definition) is 1. The number of nitrogens with zero attached hydrogens (tertiary/aromatic N) is 1. The van der Waals surface area contributed by atoms with Crippen LogP contribution in [0.25, 0.3) is 0 Å². The topological polar surface area (TPSA) is 67.9 Å². The van der Waals surface area contributed by atoms with E-state index < -0.39 is 0 Å². The molecule has 0 aliphatic carbocycles. The fourth-order valence-electron chi connectivity index (χ4n) is 2.56. The standard InChI is InChI=1S/C20H23BrN2O4/c1-12-6-7-13(2)15(8-12)22-18(24)11-23(3)20(25)14-9-16(26-4)19(21)17(10-14)27-5/h6-10H,11H2,1-5H3,(H,22,24). The lowest BCUT2D eigenvalue weighted by Crippen LogP contribution is -2.35. The third kappa shape index (κ3) is 5.01. The summed E-state index contributed by atoms with van der Waals surface area (Å²) in [4.78, 5) is 26.4.